The minimum atomic E-state index is -0.238. The molecular formula is C13H15BrFN3. The molecule has 1 aromatic heterocycles. The number of nitrogens with one attached hydrogen (secondary N) is 1. The van der Waals surface area contributed by atoms with Crippen LogP contribution in [-0.4, -0.2) is 9.78 Å². The predicted octanol–water partition coefficient (Wildman–Crippen LogP) is 3.17. The molecule has 96 valence electrons. The zero-order chi connectivity index (χ0) is 13.1. The van der Waals surface area contributed by atoms with Crippen LogP contribution in [0.15, 0.2) is 35.1 Å². The Morgan fingerprint density at radius 3 is 2.89 bits per heavy atom. The van der Waals surface area contributed by atoms with Crippen molar-refractivity contribution < 1.29 is 4.39 Å². The fraction of sp³-hybridized carbons (Fsp3) is 0.308. The Labute approximate surface area is 114 Å². The fourth-order valence-electron chi connectivity index (χ4n) is 1.73. The van der Waals surface area contributed by atoms with Gasteiger partial charge in [-0.05, 0) is 40.5 Å². The number of rotatable bonds is 4. The molecule has 5 heteroatoms. The quantitative estimate of drug-likeness (QED) is 0.940. The molecule has 0 bridgehead atoms. The molecule has 1 aromatic carbocycles. The maximum atomic E-state index is 13.1. The van der Waals surface area contributed by atoms with Crippen LogP contribution in [0.1, 0.15) is 24.1 Å². The molecule has 2 aromatic rings. The average Bonchev–Trinajstić information content (AvgIpc) is 2.75. The first-order valence-corrected chi connectivity index (χ1v) is 6.51. The van der Waals surface area contributed by atoms with E-state index < -0.39 is 0 Å². The van der Waals surface area contributed by atoms with Crippen molar-refractivity contribution >= 4 is 15.9 Å². The van der Waals surface area contributed by atoms with E-state index in [-0.39, 0.29) is 11.9 Å². The van der Waals surface area contributed by atoms with Crippen LogP contribution in [-0.2, 0) is 13.6 Å². The zero-order valence-corrected chi connectivity index (χ0v) is 11.9. The van der Waals surface area contributed by atoms with E-state index in [1.54, 1.807) is 16.8 Å². The first-order chi connectivity index (χ1) is 8.56. The molecule has 0 amide bonds. The average molecular weight is 312 g/mol. The van der Waals surface area contributed by atoms with Crippen LogP contribution in [0.3, 0.4) is 0 Å². The van der Waals surface area contributed by atoms with Gasteiger partial charge in [-0.1, -0.05) is 6.07 Å². The zero-order valence-electron chi connectivity index (χ0n) is 10.3. The van der Waals surface area contributed by atoms with Crippen molar-refractivity contribution in [3.05, 3.63) is 52.0 Å². The molecule has 0 saturated heterocycles. The van der Waals surface area contributed by atoms with E-state index in [4.69, 9.17) is 0 Å². The Bertz CT molecular complexity index is 539. The summed E-state index contributed by atoms with van der Waals surface area (Å²) >= 11 is 3.20. The van der Waals surface area contributed by atoms with Crippen LogP contribution in [0.2, 0.25) is 0 Å². The van der Waals surface area contributed by atoms with Gasteiger partial charge in [0.05, 0.1) is 10.7 Å². The van der Waals surface area contributed by atoms with E-state index in [1.165, 1.54) is 6.07 Å². The highest BCUT2D eigenvalue weighted by atomic mass is 79.9. The molecule has 0 spiro atoms. The SMILES string of the molecule is CC(NCc1cnn(C)c1)c1ccc(F)c(Br)c1. The summed E-state index contributed by atoms with van der Waals surface area (Å²) in [5.41, 5.74) is 2.18. The van der Waals surface area contributed by atoms with E-state index in [2.05, 4.69) is 33.3 Å². The van der Waals surface area contributed by atoms with Gasteiger partial charge < -0.3 is 5.32 Å². The first kappa shape index (κ1) is 13.2. The Morgan fingerprint density at radius 2 is 2.28 bits per heavy atom. The molecule has 1 N–H and O–H groups in total. The van der Waals surface area contributed by atoms with Crippen molar-refractivity contribution in [3.63, 3.8) is 0 Å². The second-order valence-corrected chi connectivity index (χ2v) is 5.15. The van der Waals surface area contributed by atoms with Crippen molar-refractivity contribution in [2.24, 2.45) is 7.05 Å². The maximum absolute atomic E-state index is 13.1. The van der Waals surface area contributed by atoms with Gasteiger partial charge in [-0.25, -0.2) is 4.39 Å². The van der Waals surface area contributed by atoms with Gasteiger partial charge in [-0.2, -0.15) is 5.10 Å². The third kappa shape index (κ3) is 3.17. The summed E-state index contributed by atoms with van der Waals surface area (Å²) in [6.07, 6.45) is 3.81. The highest BCUT2D eigenvalue weighted by molar-refractivity contribution is 9.10. The molecule has 0 aliphatic carbocycles. The molecular weight excluding hydrogens is 297 g/mol. The first-order valence-electron chi connectivity index (χ1n) is 5.72. The molecule has 0 fully saturated rings. The Hall–Kier alpha value is -1.20. The molecule has 0 aliphatic rings. The van der Waals surface area contributed by atoms with E-state index in [0.29, 0.717) is 4.47 Å². The van der Waals surface area contributed by atoms with Gasteiger partial charge >= 0.3 is 0 Å². The highest BCUT2D eigenvalue weighted by Gasteiger charge is 2.08. The van der Waals surface area contributed by atoms with Crippen LogP contribution < -0.4 is 5.32 Å². The predicted molar refractivity (Wildman–Crippen MR) is 72.6 cm³/mol. The van der Waals surface area contributed by atoms with Crippen LogP contribution >= 0.6 is 15.9 Å². The molecule has 1 heterocycles. The van der Waals surface area contributed by atoms with Crippen LogP contribution in [0, 0.1) is 5.82 Å². The summed E-state index contributed by atoms with van der Waals surface area (Å²) in [7, 11) is 1.89. The minimum absolute atomic E-state index is 0.155. The normalized spacial score (nSPS) is 12.7. The topological polar surface area (TPSA) is 29.9 Å². The Morgan fingerprint density at radius 1 is 1.50 bits per heavy atom. The van der Waals surface area contributed by atoms with Gasteiger partial charge in [0.15, 0.2) is 0 Å². The molecule has 1 unspecified atom stereocenters. The summed E-state index contributed by atoms with van der Waals surface area (Å²) in [6, 6.07) is 5.22. The lowest BCUT2D eigenvalue weighted by atomic mass is 10.1. The van der Waals surface area contributed by atoms with Gasteiger partial charge in [-0.15, -0.1) is 0 Å². The highest BCUT2D eigenvalue weighted by Crippen LogP contribution is 2.21. The van der Waals surface area contributed by atoms with E-state index >= 15 is 0 Å². The Balaban J connectivity index is 1.99. The number of aromatic nitrogens is 2. The number of benzene rings is 1. The summed E-state index contributed by atoms with van der Waals surface area (Å²) in [5, 5.41) is 7.49. The van der Waals surface area contributed by atoms with Crippen LogP contribution in [0.25, 0.3) is 0 Å². The third-order valence-electron chi connectivity index (χ3n) is 2.81. The molecule has 3 nitrogen and oxygen atoms in total. The summed E-state index contributed by atoms with van der Waals surface area (Å²) in [6.45, 7) is 2.79. The number of hydrogen-bond acceptors (Lipinski definition) is 2. The van der Waals surface area contributed by atoms with E-state index in [0.717, 1.165) is 17.7 Å². The van der Waals surface area contributed by atoms with Crippen molar-refractivity contribution in [2.75, 3.05) is 0 Å². The summed E-state index contributed by atoms with van der Waals surface area (Å²) in [4.78, 5) is 0. The minimum Gasteiger partial charge on any atom is -0.306 e. The molecule has 2 rings (SSSR count). The van der Waals surface area contributed by atoms with Crippen molar-refractivity contribution in [2.45, 2.75) is 19.5 Å². The largest absolute Gasteiger partial charge is 0.306 e. The van der Waals surface area contributed by atoms with Crippen LogP contribution in [0.4, 0.5) is 4.39 Å². The monoisotopic (exact) mass is 311 g/mol. The van der Waals surface area contributed by atoms with Gasteiger partial charge in [0.1, 0.15) is 5.82 Å². The summed E-state index contributed by atoms with van der Waals surface area (Å²) < 4.78 is 15.4. The molecule has 0 saturated carbocycles. The number of nitrogens with zero attached hydrogens (tertiary/aromatic N) is 2. The lowest BCUT2D eigenvalue weighted by molar-refractivity contribution is 0.569. The van der Waals surface area contributed by atoms with Gasteiger partial charge in [0.2, 0.25) is 0 Å². The lowest BCUT2D eigenvalue weighted by Crippen LogP contribution is -2.17. The van der Waals surface area contributed by atoms with Gasteiger partial charge in [0, 0.05) is 31.4 Å². The number of hydrogen-bond donors (Lipinski definition) is 1. The molecule has 18 heavy (non-hydrogen) atoms. The summed E-state index contributed by atoms with van der Waals surface area (Å²) in [5.74, 6) is -0.238. The fourth-order valence-corrected chi connectivity index (χ4v) is 2.13. The third-order valence-corrected chi connectivity index (χ3v) is 3.42. The smallest absolute Gasteiger partial charge is 0.137 e. The van der Waals surface area contributed by atoms with E-state index in [1.807, 2.05) is 19.4 Å². The van der Waals surface area contributed by atoms with Crippen molar-refractivity contribution in [1.29, 1.82) is 0 Å². The number of aryl methyl sites for hydroxylation is 1. The van der Waals surface area contributed by atoms with Gasteiger partial charge in [-0.3, -0.25) is 4.68 Å². The maximum Gasteiger partial charge on any atom is 0.137 e. The standard InChI is InChI=1S/C13H15BrFN3/c1-9(11-3-4-13(15)12(14)5-11)16-6-10-7-17-18(2)8-10/h3-5,7-9,16H,6H2,1-2H3. The molecule has 0 aliphatic heterocycles. The lowest BCUT2D eigenvalue weighted by Gasteiger charge is -2.14. The Kier molecular flexibility index (Phi) is 4.14. The van der Waals surface area contributed by atoms with Gasteiger partial charge in [0.25, 0.3) is 0 Å². The number of halogens is 2. The van der Waals surface area contributed by atoms with E-state index in [9.17, 15) is 4.39 Å². The van der Waals surface area contributed by atoms with Crippen LogP contribution in [0.5, 0.6) is 0 Å². The second-order valence-electron chi connectivity index (χ2n) is 4.30. The van der Waals surface area contributed by atoms with Crippen molar-refractivity contribution in [1.82, 2.24) is 15.1 Å². The van der Waals surface area contributed by atoms with Crippen molar-refractivity contribution in [3.8, 4) is 0 Å². The molecule has 1 atom stereocenters. The molecule has 0 radical (unpaired) electrons. The second kappa shape index (κ2) is 5.63.